The van der Waals surface area contributed by atoms with Crippen LogP contribution in [0.15, 0.2) is 85.1 Å². The summed E-state index contributed by atoms with van der Waals surface area (Å²) in [7, 11) is -4.43. The Morgan fingerprint density at radius 3 is 1.43 bits per heavy atom. The van der Waals surface area contributed by atoms with Gasteiger partial charge in [-0.25, -0.2) is 4.57 Å². The van der Waals surface area contributed by atoms with E-state index in [9.17, 15) is 24.2 Å². The second-order valence-corrected chi connectivity index (χ2v) is 17.1. The standard InChI is InChI=1S/C51H88NO8P/c1-3-5-7-9-11-13-15-17-19-21-22-23-24-25-26-28-29-31-33-35-37-39-41-43-50(54)52-45-46-59-61(56,57)60-48-49(53)47-58-51(55)44-42-40-38-36-34-32-30-27-20-18-16-14-12-10-8-6-4-2/h5,7,11,13,17-20,22-23,25-26,29,31,49,53H,3-4,6,8-10,12,14-16,21,24,27-28,30,32-48H2,1-2H3,(H,52,54)(H,56,57)/b7-5-,13-11-,19-17-,20-18-,23-22-,26-25-,31-29-. The van der Waals surface area contributed by atoms with Crippen LogP contribution in [0.4, 0.5) is 0 Å². The lowest BCUT2D eigenvalue weighted by Crippen LogP contribution is -2.27. The van der Waals surface area contributed by atoms with Gasteiger partial charge in [-0.1, -0.05) is 176 Å². The summed E-state index contributed by atoms with van der Waals surface area (Å²) in [6.07, 6.45) is 59.4. The molecular weight excluding hydrogens is 786 g/mol. The second kappa shape index (κ2) is 46.7. The highest BCUT2D eigenvalue weighted by molar-refractivity contribution is 7.47. The second-order valence-electron chi connectivity index (χ2n) is 15.7. The Morgan fingerprint density at radius 2 is 0.934 bits per heavy atom. The van der Waals surface area contributed by atoms with Gasteiger partial charge < -0.3 is 20.1 Å². The van der Waals surface area contributed by atoms with Crippen molar-refractivity contribution in [3.63, 3.8) is 0 Å². The van der Waals surface area contributed by atoms with Gasteiger partial charge in [0.2, 0.25) is 5.91 Å². The maximum Gasteiger partial charge on any atom is 0.472 e. The third kappa shape index (κ3) is 48.1. The third-order valence-corrected chi connectivity index (χ3v) is 10.8. The van der Waals surface area contributed by atoms with Crippen molar-refractivity contribution in [2.75, 3.05) is 26.4 Å². The van der Waals surface area contributed by atoms with Crippen LogP contribution < -0.4 is 5.32 Å². The summed E-state index contributed by atoms with van der Waals surface area (Å²) in [6, 6.07) is 0. The van der Waals surface area contributed by atoms with E-state index in [1.807, 2.05) is 0 Å². The maximum atomic E-state index is 12.1. The monoisotopic (exact) mass is 874 g/mol. The first kappa shape index (κ1) is 58.2. The van der Waals surface area contributed by atoms with Gasteiger partial charge in [-0.2, -0.15) is 0 Å². The van der Waals surface area contributed by atoms with E-state index >= 15 is 0 Å². The summed E-state index contributed by atoms with van der Waals surface area (Å²) in [6.45, 7) is 3.39. The Hall–Kier alpha value is -2.81. The van der Waals surface area contributed by atoms with Gasteiger partial charge in [0.15, 0.2) is 0 Å². The van der Waals surface area contributed by atoms with Gasteiger partial charge >= 0.3 is 13.8 Å². The molecular formula is C51H88NO8P. The van der Waals surface area contributed by atoms with E-state index < -0.39 is 26.5 Å². The average molecular weight is 874 g/mol. The molecule has 2 atom stereocenters. The highest BCUT2D eigenvalue weighted by atomic mass is 31.2. The number of amides is 1. The zero-order chi connectivity index (χ0) is 44.6. The first-order valence-electron chi connectivity index (χ1n) is 24.1. The van der Waals surface area contributed by atoms with Gasteiger partial charge in [0.05, 0.1) is 13.2 Å². The molecule has 3 N–H and O–H groups in total. The number of unbranched alkanes of at least 4 members (excludes halogenated alkanes) is 17. The number of ether oxygens (including phenoxy) is 1. The van der Waals surface area contributed by atoms with E-state index in [1.54, 1.807) is 0 Å². The number of esters is 1. The summed E-state index contributed by atoms with van der Waals surface area (Å²) >= 11 is 0. The van der Waals surface area contributed by atoms with Gasteiger partial charge in [0, 0.05) is 19.4 Å². The Balaban J connectivity index is 3.66. The molecule has 0 aromatic rings. The topological polar surface area (TPSA) is 131 Å². The van der Waals surface area contributed by atoms with Crippen LogP contribution in [-0.4, -0.2) is 54.3 Å². The maximum absolute atomic E-state index is 12.1. The number of allylic oxidation sites excluding steroid dienone is 14. The number of phosphoric acid groups is 1. The molecule has 2 unspecified atom stereocenters. The van der Waals surface area contributed by atoms with Crippen LogP contribution in [0.2, 0.25) is 0 Å². The fourth-order valence-electron chi connectivity index (χ4n) is 6.20. The molecule has 0 rings (SSSR count). The number of hydrogen-bond acceptors (Lipinski definition) is 7. The lowest BCUT2D eigenvalue weighted by molar-refractivity contribution is -0.147. The first-order valence-corrected chi connectivity index (χ1v) is 25.6. The number of hydrogen-bond donors (Lipinski definition) is 3. The predicted molar refractivity (Wildman–Crippen MR) is 256 cm³/mol. The molecule has 9 nitrogen and oxygen atoms in total. The van der Waals surface area contributed by atoms with Crippen molar-refractivity contribution in [2.45, 2.75) is 200 Å². The Kier molecular flexibility index (Phi) is 44.5. The van der Waals surface area contributed by atoms with Crippen LogP contribution in [0.5, 0.6) is 0 Å². The summed E-state index contributed by atoms with van der Waals surface area (Å²) in [5, 5.41) is 12.7. The van der Waals surface area contributed by atoms with Gasteiger partial charge in [-0.15, -0.1) is 0 Å². The molecule has 0 heterocycles. The normalized spacial score (nSPS) is 14.0. The predicted octanol–water partition coefficient (Wildman–Crippen LogP) is 14.0. The highest BCUT2D eigenvalue weighted by Gasteiger charge is 2.23. The van der Waals surface area contributed by atoms with Crippen LogP contribution in [0.25, 0.3) is 0 Å². The minimum Gasteiger partial charge on any atom is -0.463 e. The summed E-state index contributed by atoms with van der Waals surface area (Å²) in [4.78, 5) is 34.0. The summed E-state index contributed by atoms with van der Waals surface area (Å²) < 4.78 is 26.9. The van der Waals surface area contributed by atoms with Crippen molar-refractivity contribution in [3.8, 4) is 0 Å². The van der Waals surface area contributed by atoms with Crippen LogP contribution in [-0.2, 0) is 27.9 Å². The van der Waals surface area contributed by atoms with Crippen LogP contribution in [0.1, 0.15) is 194 Å². The van der Waals surface area contributed by atoms with Gasteiger partial charge in [-0.05, 0) is 89.9 Å². The SMILES string of the molecule is CC/C=C\C/C=C\C/C=C\C/C=C\C/C=C\C/C=C\CCCCCCC(=O)NCCOP(=O)(O)OCC(O)COC(=O)CCCCCCCCC/C=C\CCCCCCCC. The Morgan fingerprint density at radius 1 is 0.525 bits per heavy atom. The molecule has 0 aromatic carbocycles. The minimum atomic E-state index is -4.43. The molecule has 0 bridgehead atoms. The Bertz CT molecular complexity index is 1270. The molecule has 0 saturated carbocycles. The molecule has 61 heavy (non-hydrogen) atoms. The molecule has 0 radical (unpaired) electrons. The fraction of sp³-hybridized carbons (Fsp3) is 0.686. The number of aliphatic hydroxyl groups excluding tert-OH is 1. The van der Waals surface area contributed by atoms with E-state index in [0.717, 1.165) is 103 Å². The number of phosphoric ester groups is 1. The van der Waals surface area contributed by atoms with Crippen molar-refractivity contribution in [2.24, 2.45) is 0 Å². The first-order chi connectivity index (χ1) is 29.8. The molecule has 10 heteroatoms. The van der Waals surface area contributed by atoms with Crippen molar-refractivity contribution in [1.29, 1.82) is 0 Å². The highest BCUT2D eigenvalue weighted by Crippen LogP contribution is 2.42. The lowest BCUT2D eigenvalue weighted by atomic mass is 10.1. The van der Waals surface area contributed by atoms with Crippen molar-refractivity contribution in [1.82, 2.24) is 5.32 Å². The smallest absolute Gasteiger partial charge is 0.463 e. The van der Waals surface area contributed by atoms with Crippen molar-refractivity contribution < 1.29 is 37.9 Å². The number of carbonyl (C=O) groups is 2. The van der Waals surface area contributed by atoms with Gasteiger partial charge in [0.1, 0.15) is 12.7 Å². The number of aliphatic hydroxyl groups is 1. The summed E-state index contributed by atoms with van der Waals surface area (Å²) in [5.41, 5.74) is 0. The van der Waals surface area contributed by atoms with E-state index in [1.165, 1.54) is 64.2 Å². The zero-order valence-corrected chi connectivity index (χ0v) is 39.5. The third-order valence-electron chi connectivity index (χ3n) is 9.81. The van der Waals surface area contributed by atoms with Crippen LogP contribution >= 0.6 is 7.82 Å². The molecule has 0 fully saturated rings. The molecule has 0 aliphatic heterocycles. The lowest BCUT2D eigenvalue weighted by Gasteiger charge is -2.15. The molecule has 0 aromatic heterocycles. The molecule has 350 valence electrons. The van der Waals surface area contributed by atoms with Gasteiger partial charge in [-0.3, -0.25) is 18.6 Å². The van der Waals surface area contributed by atoms with Gasteiger partial charge in [0.25, 0.3) is 0 Å². The number of rotatable bonds is 44. The van der Waals surface area contributed by atoms with Crippen LogP contribution in [0, 0.1) is 0 Å². The molecule has 0 aliphatic carbocycles. The molecule has 0 spiro atoms. The minimum absolute atomic E-state index is 0.0621. The molecule has 0 aliphatic rings. The zero-order valence-electron chi connectivity index (χ0n) is 38.6. The number of nitrogens with one attached hydrogen (secondary N) is 1. The Labute approximate surface area is 373 Å². The average Bonchev–Trinajstić information content (AvgIpc) is 3.25. The number of carbonyl (C=O) groups excluding carboxylic acids is 2. The summed E-state index contributed by atoms with van der Waals surface area (Å²) in [5.74, 6) is -0.550. The van der Waals surface area contributed by atoms with E-state index in [0.29, 0.717) is 6.42 Å². The van der Waals surface area contributed by atoms with E-state index in [4.69, 9.17) is 13.8 Å². The van der Waals surface area contributed by atoms with E-state index in [-0.39, 0.29) is 32.1 Å². The van der Waals surface area contributed by atoms with Crippen molar-refractivity contribution >= 4 is 19.7 Å². The van der Waals surface area contributed by atoms with Crippen molar-refractivity contribution in [3.05, 3.63) is 85.1 Å². The molecule has 1 amide bonds. The fourth-order valence-corrected chi connectivity index (χ4v) is 6.96. The molecule has 0 saturated heterocycles. The quantitative estimate of drug-likeness (QED) is 0.0239. The van der Waals surface area contributed by atoms with Crippen LogP contribution in [0.3, 0.4) is 0 Å². The van der Waals surface area contributed by atoms with E-state index in [2.05, 4.69) is 104 Å². The largest absolute Gasteiger partial charge is 0.472 e.